The van der Waals surface area contributed by atoms with E-state index in [9.17, 15) is 24.0 Å². The molecular weight excluding hydrogens is 637 g/mol. The van der Waals surface area contributed by atoms with Crippen LogP contribution in [-0.4, -0.2) is 49.4 Å². The predicted molar refractivity (Wildman–Crippen MR) is 163 cm³/mol. The Morgan fingerprint density at radius 1 is 0.814 bits per heavy atom. The predicted octanol–water partition coefficient (Wildman–Crippen LogP) is 4.97. The van der Waals surface area contributed by atoms with Gasteiger partial charge in [0, 0.05) is 35.0 Å². The van der Waals surface area contributed by atoms with Crippen molar-refractivity contribution in [2.75, 3.05) is 13.7 Å². The van der Waals surface area contributed by atoms with Crippen LogP contribution in [0.2, 0.25) is 10.0 Å². The first-order valence-electron chi connectivity index (χ1n) is 12.5. The van der Waals surface area contributed by atoms with E-state index in [0.29, 0.717) is 22.4 Å². The number of thiophene rings is 2. The highest BCUT2D eigenvalue weighted by Gasteiger charge is 2.26. The largest absolute Gasteiger partial charge is 0.467 e. The quantitative estimate of drug-likeness (QED) is 0.153. The first kappa shape index (κ1) is 31.7. The first-order chi connectivity index (χ1) is 20.7. The fourth-order valence-electron chi connectivity index (χ4n) is 3.73. The van der Waals surface area contributed by atoms with E-state index in [2.05, 4.69) is 16.0 Å². The molecule has 0 saturated carbocycles. The van der Waals surface area contributed by atoms with E-state index in [4.69, 9.17) is 32.7 Å². The molecule has 2 aromatic heterocycles. The molecule has 1 atom stereocenters. The molecule has 10 nitrogen and oxygen atoms in total. The zero-order chi connectivity index (χ0) is 30.9. The molecule has 0 spiro atoms. The molecule has 0 unspecified atom stereocenters. The summed E-state index contributed by atoms with van der Waals surface area (Å²) in [5.74, 6) is -2.73. The average molecular weight is 661 g/mol. The van der Waals surface area contributed by atoms with E-state index >= 15 is 0 Å². The fraction of sp³-hybridized carbons (Fsp3) is 0.138. The molecule has 222 valence electrons. The van der Waals surface area contributed by atoms with Gasteiger partial charge in [0.05, 0.1) is 28.3 Å². The number of rotatable bonds is 11. The monoisotopic (exact) mass is 659 g/mol. The van der Waals surface area contributed by atoms with Crippen molar-refractivity contribution < 1.29 is 33.4 Å². The molecule has 0 aliphatic heterocycles. The summed E-state index contributed by atoms with van der Waals surface area (Å²) in [7, 11) is 1.14. The Balaban J connectivity index is 1.38. The molecule has 4 aromatic rings. The number of carbonyl (C=O) groups is 5. The zero-order valence-corrected chi connectivity index (χ0v) is 25.5. The standard InChI is InChI=1S/C29H23Cl2N3O7S2/c1-40-29(39)23(13-33-25(35)17-5-7-42-14-17)34-27(37)24-21(30)10-19(11-22(24)31)26(36)32-12-16-3-2-4-20(9-16)41-28(38)18-6-8-43-15-18/h2-11,14-15,23H,12-13H2,1H3,(H,32,36)(H,33,35)(H,34,37)/t23-/m0/s1. The summed E-state index contributed by atoms with van der Waals surface area (Å²) in [6, 6.07) is 11.3. The van der Waals surface area contributed by atoms with Crippen LogP contribution >= 0.6 is 45.9 Å². The summed E-state index contributed by atoms with van der Waals surface area (Å²) in [5.41, 5.74) is 1.43. The van der Waals surface area contributed by atoms with Crippen LogP contribution in [0.5, 0.6) is 5.75 Å². The van der Waals surface area contributed by atoms with E-state index in [1.807, 2.05) is 0 Å². The van der Waals surface area contributed by atoms with Crippen LogP contribution in [0.3, 0.4) is 0 Å². The third-order valence-corrected chi connectivity index (χ3v) is 7.85. The normalized spacial score (nSPS) is 11.2. The maximum atomic E-state index is 13.0. The minimum atomic E-state index is -1.24. The number of amides is 3. The van der Waals surface area contributed by atoms with Crippen LogP contribution in [0.25, 0.3) is 0 Å². The van der Waals surface area contributed by atoms with Gasteiger partial charge in [0.2, 0.25) is 0 Å². The van der Waals surface area contributed by atoms with Crippen molar-refractivity contribution in [1.29, 1.82) is 0 Å². The van der Waals surface area contributed by atoms with Crippen molar-refractivity contribution in [3.05, 3.63) is 108 Å². The van der Waals surface area contributed by atoms with E-state index in [-0.39, 0.29) is 34.3 Å². The van der Waals surface area contributed by atoms with Crippen molar-refractivity contribution >= 4 is 75.5 Å². The maximum Gasteiger partial charge on any atom is 0.344 e. The second kappa shape index (κ2) is 14.8. The van der Waals surface area contributed by atoms with Crippen molar-refractivity contribution in [3.8, 4) is 5.75 Å². The molecule has 0 radical (unpaired) electrons. The number of methoxy groups -OCH3 is 1. The number of esters is 2. The summed E-state index contributed by atoms with van der Waals surface area (Å²) >= 11 is 15.4. The molecule has 3 N–H and O–H groups in total. The van der Waals surface area contributed by atoms with Gasteiger partial charge in [-0.15, -0.1) is 0 Å². The highest BCUT2D eigenvalue weighted by atomic mass is 35.5. The summed E-state index contributed by atoms with van der Waals surface area (Å²) in [6.45, 7) is -0.157. The lowest BCUT2D eigenvalue weighted by Crippen LogP contribution is -2.49. The van der Waals surface area contributed by atoms with Gasteiger partial charge in [0.15, 0.2) is 0 Å². The third kappa shape index (κ3) is 8.42. The number of halogens is 2. The van der Waals surface area contributed by atoms with Gasteiger partial charge in [0.1, 0.15) is 11.8 Å². The molecule has 2 heterocycles. The minimum Gasteiger partial charge on any atom is -0.467 e. The van der Waals surface area contributed by atoms with Gasteiger partial charge in [-0.25, -0.2) is 9.59 Å². The minimum absolute atomic E-state index is 0.0825. The van der Waals surface area contributed by atoms with Crippen molar-refractivity contribution in [2.45, 2.75) is 12.6 Å². The molecule has 0 fully saturated rings. The molecular formula is C29H23Cl2N3O7S2. The van der Waals surface area contributed by atoms with Gasteiger partial charge in [-0.3, -0.25) is 14.4 Å². The zero-order valence-electron chi connectivity index (χ0n) is 22.3. The molecule has 14 heteroatoms. The number of carbonyl (C=O) groups excluding carboxylic acids is 5. The van der Waals surface area contributed by atoms with Crippen LogP contribution in [0.1, 0.15) is 47.0 Å². The number of nitrogens with one attached hydrogen (secondary N) is 3. The number of hydrogen-bond acceptors (Lipinski definition) is 9. The molecule has 4 rings (SSSR count). The molecule has 2 aromatic carbocycles. The van der Waals surface area contributed by atoms with E-state index in [0.717, 1.165) is 7.11 Å². The summed E-state index contributed by atoms with van der Waals surface area (Å²) in [6.07, 6.45) is 0. The Hall–Kier alpha value is -4.23. The van der Waals surface area contributed by atoms with Crippen LogP contribution in [0.15, 0.2) is 70.1 Å². The van der Waals surface area contributed by atoms with Gasteiger partial charge in [-0.05, 0) is 52.7 Å². The van der Waals surface area contributed by atoms with Crippen molar-refractivity contribution in [3.63, 3.8) is 0 Å². The second-order valence-electron chi connectivity index (χ2n) is 8.82. The smallest absolute Gasteiger partial charge is 0.344 e. The van der Waals surface area contributed by atoms with E-state index in [1.165, 1.54) is 34.8 Å². The van der Waals surface area contributed by atoms with Crippen LogP contribution in [-0.2, 0) is 16.1 Å². The molecule has 0 aliphatic carbocycles. The summed E-state index contributed by atoms with van der Waals surface area (Å²) in [4.78, 5) is 62.6. The molecule has 3 amide bonds. The van der Waals surface area contributed by atoms with Gasteiger partial charge in [-0.1, -0.05) is 35.3 Å². The Morgan fingerprint density at radius 3 is 2.09 bits per heavy atom. The Bertz CT molecular complexity index is 1620. The van der Waals surface area contributed by atoms with E-state index in [1.54, 1.807) is 57.9 Å². The molecule has 0 bridgehead atoms. The Labute approximate surface area is 263 Å². The number of ether oxygens (including phenoxy) is 2. The van der Waals surface area contributed by atoms with Gasteiger partial charge < -0.3 is 25.4 Å². The average Bonchev–Trinajstić information content (AvgIpc) is 3.73. The third-order valence-electron chi connectivity index (χ3n) is 5.89. The van der Waals surface area contributed by atoms with Crippen LogP contribution in [0.4, 0.5) is 0 Å². The summed E-state index contributed by atoms with van der Waals surface area (Å²) < 4.78 is 10.1. The maximum absolute atomic E-state index is 13.0. The lowest BCUT2D eigenvalue weighted by Gasteiger charge is -2.18. The molecule has 43 heavy (non-hydrogen) atoms. The number of hydrogen-bond donors (Lipinski definition) is 3. The lowest BCUT2D eigenvalue weighted by molar-refractivity contribution is -0.142. The Morgan fingerprint density at radius 2 is 1.47 bits per heavy atom. The molecule has 0 saturated heterocycles. The van der Waals surface area contributed by atoms with Gasteiger partial charge >= 0.3 is 11.9 Å². The van der Waals surface area contributed by atoms with Crippen molar-refractivity contribution in [2.24, 2.45) is 0 Å². The van der Waals surface area contributed by atoms with Crippen LogP contribution < -0.4 is 20.7 Å². The van der Waals surface area contributed by atoms with Gasteiger partial charge in [0.25, 0.3) is 17.7 Å². The SMILES string of the molecule is COC(=O)[C@H](CNC(=O)c1ccsc1)NC(=O)c1c(Cl)cc(C(=O)NCc2cccc(OC(=O)c3ccsc3)c2)cc1Cl. The topological polar surface area (TPSA) is 140 Å². The number of benzene rings is 2. The second-order valence-corrected chi connectivity index (χ2v) is 11.2. The lowest BCUT2D eigenvalue weighted by atomic mass is 10.1. The first-order valence-corrected chi connectivity index (χ1v) is 15.1. The van der Waals surface area contributed by atoms with Gasteiger partial charge in [-0.2, -0.15) is 22.7 Å². The fourth-order valence-corrected chi connectivity index (χ4v) is 5.65. The molecule has 0 aliphatic rings. The van der Waals surface area contributed by atoms with Crippen molar-refractivity contribution in [1.82, 2.24) is 16.0 Å². The highest BCUT2D eigenvalue weighted by Crippen LogP contribution is 2.27. The summed E-state index contributed by atoms with van der Waals surface area (Å²) in [5, 5.41) is 14.3. The van der Waals surface area contributed by atoms with E-state index < -0.39 is 35.7 Å². The van der Waals surface area contributed by atoms with Crippen LogP contribution in [0, 0.1) is 0 Å². The Kier molecular flexibility index (Phi) is 10.9. The highest BCUT2D eigenvalue weighted by molar-refractivity contribution is 7.08.